The van der Waals surface area contributed by atoms with Gasteiger partial charge in [0.2, 0.25) is 0 Å². The van der Waals surface area contributed by atoms with E-state index in [9.17, 15) is 9.59 Å². The van der Waals surface area contributed by atoms with Crippen molar-refractivity contribution in [1.29, 1.82) is 0 Å². The molecule has 196 valence electrons. The molecule has 1 amide bonds. The minimum absolute atomic E-state index is 0.0367. The number of carbonyl (C=O) groups excluding carboxylic acids is 2. The number of aromatic nitrogens is 4. The summed E-state index contributed by atoms with van der Waals surface area (Å²) in [6.07, 6.45) is 6.61. The van der Waals surface area contributed by atoms with Gasteiger partial charge in [0.25, 0.3) is 0 Å². The molecular formula is C26H37N5O5. The second kappa shape index (κ2) is 11.7. The van der Waals surface area contributed by atoms with E-state index in [4.69, 9.17) is 19.2 Å². The Bertz CT molecular complexity index is 1070. The van der Waals surface area contributed by atoms with Crippen LogP contribution < -0.4 is 10.1 Å². The number of pyridine rings is 1. The maximum atomic E-state index is 12.2. The highest BCUT2D eigenvalue weighted by Crippen LogP contribution is 2.44. The molecular weight excluding hydrogens is 462 g/mol. The van der Waals surface area contributed by atoms with Crippen LogP contribution in [0.25, 0.3) is 11.4 Å². The first kappa shape index (κ1) is 25.9. The Balaban J connectivity index is 1.48. The van der Waals surface area contributed by atoms with E-state index < -0.39 is 6.09 Å². The number of nitrogens with one attached hydrogen (secondary N) is 1. The summed E-state index contributed by atoms with van der Waals surface area (Å²) in [6.45, 7) is 4.17. The molecule has 2 aromatic heterocycles. The van der Waals surface area contributed by atoms with E-state index in [0.717, 1.165) is 62.1 Å². The van der Waals surface area contributed by atoms with Crippen LogP contribution in [0.5, 0.6) is 5.75 Å². The fourth-order valence-corrected chi connectivity index (χ4v) is 4.77. The summed E-state index contributed by atoms with van der Waals surface area (Å²) in [5, 5.41) is 11.3. The highest BCUT2D eigenvalue weighted by molar-refractivity contribution is 5.72. The molecule has 0 unspecified atom stereocenters. The van der Waals surface area contributed by atoms with Crippen molar-refractivity contribution in [3.8, 4) is 17.1 Å². The molecule has 10 heteroatoms. The van der Waals surface area contributed by atoms with E-state index in [0.29, 0.717) is 23.7 Å². The predicted octanol–water partition coefficient (Wildman–Crippen LogP) is 4.28. The van der Waals surface area contributed by atoms with Crippen LogP contribution in [0.1, 0.15) is 82.5 Å². The molecule has 2 aliphatic carbocycles. The third-order valence-corrected chi connectivity index (χ3v) is 6.89. The molecule has 4 rings (SSSR count). The number of nitrogens with zero attached hydrogens (tertiary/aromatic N) is 4. The van der Waals surface area contributed by atoms with Crippen LogP contribution in [-0.2, 0) is 27.9 Å². The van der Waals surface area contributed by atoms with Crippen LogP contribution in [0.15, 0.2) is 12.1 Å². The van der Waals surface area contributed by atoms with Crippen LogP contribution in [0, 0.1) is 5.92 Å². The van der Waals surface area contributed by atoms with E-state index in [1.54, 1.807) is 11.7 Å². The van der Waals surface area contributed by atoms with Gasteiger partial charge in [0.1, 0.15) is 17.5 Å². The van der Waals surface area contributed by atoms with Crippen molar-refractivity contribution in [2.75, 3.05) is 7.11 Å². The second-order valence-corrected chi connectivity index (χ2v) is 9.85. The fourth-order valence-electron chi connectivity index (χ4n) is 4.77. The molecule has 3 atom stereocenters. The fraction of sp³-hybridized carbons (Fsp3) is 0.654. The van der Waals surface area contributed by atoms with Gasteiger partial charge in [-0.05, 0) is 64.0 Å². The smallest absolute Gasteiger partial charge is 0.407 e. The first-order chi connectivity index (χ1) is 17.4. The number of methoxy groups -OCH3 is 1. The first-order valence-electron chi connectivity index (χ1n) is 13.0. The lowest BCUT2D eigenvalue weighted by Crippen LogP contribution is -2.30. The van der Waals surface area contributed by atoms with Gasteiger partial charge in [-0.3, -0.25) is 4.79 Å². The molecule has 0 aromatic carbocycles. The molecule has 36 heavy (non-hydrogen) atoms. The molecule has 0 aliphatic heterocycles. The third-order valence-electron chi connectivity index (χ3n) is 6.89. The van der Waals surface area contributed by atoms with Crippen molar-refractivity contribution >= 4 is 12.1 Å². The average Bonchev–Trinajstić information content (AvgIpc) is 3.65. The normalized spacial score (nSPS) is 20.4. The Morgan fingerprint density at radius 3 is 2.75 bits per heavy atom. The number of hydrogen-bond acceptors (Lipinski definition) is 8. The van der Waals surface area contributed by atoms with E-state index in [-0.39, 0.29) is 30.6 Å². The lowest BCUT2D eigenvalue weighted by Gasteiger charge is -2.28. The van der Waals surface area contributed by atoms with Crippen molar-refractivity contribution in [3.05, 3.63) is 23.5 Å². The number of aryl methyl sites for hydroxylation is 1. The van der Waals surface area contributed by atoms with Crippen molar-refractivity contribution in [2.45, 2.75) is 89.9 Å². The summed E-state index contributed by atoms with van der Waals surface area (Å²) < 4.78 is 18.4. The highest BCUT2D eigenvalue weighted by atomic mass is 16.6. The van der Waals surface area contributed by atoms with Crippen molar-refractivity contribution in [3.63, 3.8) is 0 Å². The monoisotopic (exact) mass is 499 g/mol. The Hall–Kier alpha value is -3.17. The molecule has 2 saturated carbocycles. The molecule has 2 aliphatic rings. The van der Waals surface area contributed by atoms with E-state index in [2.05, 4.69) is 22.6 Å². The maximum Gasteiger partial charge on any atom is 0.407 e. The zero-order valence-electron chi connectivity index (χ0n) is 21.7. The van der Waals surface area contributed by atoms with Crippen molar-refractivity contribution in [2.24, 2.45) is 13.0 Å². The van der Waals surface area contributed by atoms with E-state index in [1.807, 2.05) is 19.1 Å². The zero-order chi connectivity index (χ0) is 25.7. The topological polar surface area (TPSA) is 117 Å². The molecule has 0 radical (unpaired) electrons. The second-order valence-electron chi connectivity index (χ2n) is 9.85. The zero-order valence-corrected chi connectivity index (χ0v) is 21.7. The standard InChI is InChI=1S/C26H37N5O5/c1-5-7-16(2)35-26(33)27-15-21-24(29-30-31(21)3)20-12-13-22(23(28-20)17-10-11-17)36-19-9-6-8-18(14-19)25(32)34-4/h12-13,16-19H,5-11,14-15H2,1-4H3,(H,27,33)/t16-,18+,19+/m1/s1. The van der Waals surface area contributed by atoms with Crippen molar-refractivity contribution in [1.82, 2.24) is 25.3 Å². The van der Waals surface area contributed by atoms with Crippen molar-refractivity contribution < 1.29 is 23.8 Å². The van der Waals surface area contributed by atoms with Gasteiger partial charge in [0.05, 0.1) is 42.8 Å². The summed E-state index contributed by atoms with van der Waals surface area (Å²) in [5.41, 5.74) is 2.98. The molecule has 10 nitrogen and oxygen atoms in total. The van der Waals surface area contributed by atoms with Crippen LogP contribution in [-0.4, -0.2) is 51.4 Å². The number of amides is 1. The van der Waals surface area contributed by atoms with Gasteiger partial charge < -0.3 is 19.5 Å². The van der Waals surface area contributed by atoms with Gasteiger partial charge in [-0.2, -0.15) is 0 Å². The van der Waals surface area contributed by atoms with Gasteiger partial charge in [0, 0.05) is 13.0 Å². The number of alkyl carbamates (subject to hydrolysis) is 1. The third kappa shape index (κ3) is 6.33. The molecule has 2 aromatic rings. The summed E-state index contributed by atoms with van der Waals surface area (Å²) in [4.78, 5) is 29.2. The quantitative estimate of drug-likeness (QED) is 0.481. The van der Waals surface area contributed by atoms with Crippen LogP contribution >= 0.6 is 0 Å². The van der Waals surface area contributed by atoms with Gasteiger partial charge in [-0.1, -0.05) is 18.6 Å². The van der Waals surface area contributed by atoms with Gasteiger partial charge in [-0.15, -0.1) is 5.10 Å². The summed E-state index contributed by atoms with van der Waals surface area (Å²) in [7, 11) is 3.23. The highest BCUT2D eigenvalue weighted by Gasteiger charge is 2.33. The number of ether oxygens (including phenoxy) is 3. The molecule has 0 bridgehead atoms. The van der Waals surface area contributed by atoms with E-state index in [1.165, 1.54) is 7.11 Å². The molecule has 0 saturated heterocycles. The SMILES string of the molecule is CCC[C@@H](C)OC(=O)NCc1c(-c2ccc(O[C@H]3CCC[C@H](C(=O)OC)C3)c(C3CC3)n2)nnn1C. The number of carbonyl (C=O) groups is 2. The maximum absolute atomic E-state index is 12.2. The number of hydrogen-bond donors (Lipinski definition) is 1. The van der Waals surface area contributed by atoms with E-state index >= 15 is 0 Å². The van der Waals surface area contributed by atoms with Gasteiger partial charge in [0.15, 0.2) is 0 Å². The number of esters is 1. The molecule has 2 fully saturated rings. The minimum atomic E-state index is -0.462. The molecule has 1 N–H and O–H groups in total. The summed E-state index contributed by atoms with van der Waals surface area (Å²) in [6, 6.07) is 3.83. The first-order valence-corrected chi connectivity index (χ1v) is 13.0. The van der Waals surface area contributed by atoms with Gasteiger partial charge in [-0.25, -0.2) is 14.5 Å². The van der Waals surface area contributed by atoms with Gasteiger partial charge >= 0.3 is 12.1 Å². The number of rotatable bonds is 10. The lowest BCUT2D eigenvalue weighted by molar-refractivity contribution is -0.147. The Kier molecular flexibility index (Phi) is 8.43. The minimum Gasteiger partial charge on any atom is -0.488 e. The van der Waals surface area contributed by atoms with Crippen LogP contribution in [0.4, 0.5) is 4.79 Å². The largest absolute Gasteiger partial charge is 0.488 e. The lowest BCUT2D eigenvalue weighted by atomic mass is 9.87. The summed E-state index contributed by atoms with van der Waals surface area (Å²) >= 11 is 0. The summed E-state index contributed by atoms with van der Waals surface area (Å²) in [5.74, 6) is 0.852. The Morgan fingerprint density at radius 1 is 1.22 bits per heavy atom. The molecule has 2 heterocycles. The van der Waals surface area contributed by atoms with Crippen LogP contribution in [0.2, 0.25) is 0 Å². The van der Waals surface area contributed by atoms with Crippen LogP contribution in [0.3, 0.4) is 0 Å². The Morgan fingerprint density at radius 2 is 2.03 bits per heavy atom. The Labute approximate surface area is 212 Å². The predicted molar refractivity (Wildman–Crippen MR) is 132 cm³/mol. The molecule has 0 spiro atoms. The average molecular weight is 500 g/mol.